The van der Waals surface area contributed by atoms with Crippen molar-refractivity contribution in [1.82, 2.24) is 5.32 Å². The Kier molecular flexibility index (Phi) is 7.83. The van der Waals surface area contributed by atoms with Crippen molar-refractivity contribution in [2.24, 2.45) is 41.4 Å². The number of hydrogen-bond donors (Lipinski definition) is 1. The van der Waals surface area contributed by atoms with E-state index in [0.717, 1.165) is 57.3 Å². The van der Waals surface area contributed by atoms with Crippen LogP contribution in [0.2, 0.25) is 0 Å². The summed E-state index contributed by atoms with van der Waals surface area (Å²) in [6.45, 7) is 0. The number of fused-ring (bicyclic) bond motifs is 1. The Balaban J connectivity index is 1.60. The van der Waals surface area contributed by atoms with Crippen LogP contribution in [0, 0.1) is 41.4 Å². The largest absolute Gasteiger partial charge is 0.404 e. The number of rotatable bonds is 5. The molecule has 0 aromatic carbocycles. The summed E-state index contributed by atoms with van der Waals surface area (Å²) in [6.07, 6.45) is 5.81. The summed E-state index contributed by atoms with van der Waals surface area (Å²) < 4.78 is 70.0. The third kappa shape index (κ3) is 5.17. The first-order valence-electron chi connectivity index (χ1n) is 12.9. The molecule has 0 amide bonds. The van der Waals surface area contributed by atoms with E-state index in [4.69, 9.17) is 0 Å². The van der Waals surface area contributed by atoms with Crippen LogP contribution in [0.4, 0.5) is 22.0 Å². The highest BCUT2D eigenvalue weighted by atomic mass is 19.4. The number of aldehydes is 1. The smallest absolute Gasteiger partial charge is 0.303 e. The molecule has 1 saturated heterocycles. The van der Waals surface area contributed by atoms with Gasteiger partial charge in [0.2, 0.25) is 0 Å². The first-order chi connectivity index (χ1) is 15.3. The third-order valence-corrected chi connectivity index (χ3v) is 9.39. The molecule has 0 aromatic rings. The normalized spacial score (nSPS) is 41.9. The molecule has 7 heteroatoms. The van der Waals surface area contributed by atoms with Crippen LogP contribution in [0.25, 0.3) is 0 Å². The van der Waals surface area contributed by atoms with Crippen LogP contribution in [0.15, 0.2) is 0 Å². The molecule has 184 valence electrons. The molecular formula is C25H38F5NO. The van der Waals surface area contributed by atoms with Crippen molar-refractivity contribution in [2.45, 2.75) is 108 Å². The number of piperidine rings is 1. The van der Waals surface area contributed by atoms with Crippen LogP contribution in [0.3, 0.4) is 0 Å². The van der Waals surface area contributed by atoms with Gasteiger partial charge in [0, 0.05) is 5.92 Å². The average Bonchev–Trinajstić information content (AvgIpc) is 2.78. The lowest BCUT2D eigenvalue weighted by molar-refractivity contribution is -0.197. The van der Waals surface area contributed by atoms with Crippen molar-refractivity contribution in [3.63, 3.8) is 0 Å². The number of nitrogens with one attached hydrogen (secondary N) is 1. The predicted octanol–water partition coefficient (Wildman–Crippen LogP) is 6.78. The highest BCUT2D eigenvalue weighted by Gasteiger charge is 2.57. The molecule has 4 rings (SSSR count). The molecular weight excluding hydrogens is 425 g/mol. The molecule has 8 unspecified atom stereocenters. The second-order valence-electron chi connectivity index (χ2n) is 11.1. The van der Waals surface area contributed by atoms with Gasteiger partial charge in [-0.3, -0.25) is 5.32 Å². The minimum Gasteiger partial charge on any atom is -0.303 e. The monoisotopic (exact) mass is 463 g/mol. The van der Waals surface area contributed by atoms with E-state index in [1.165, 1.54) is 25.7 Å². The molecule has 0 bridgehead atoms. The van der Waals surface area contributed by atoms with E-state index in [0.29, 0.717) is 18.6 Å². The first kappa shape index (κ1) is 24.4. The predicted molar refractivity (Wildman–Crippen MR) is 113 cm³/mol. The maximum Gasteiger partial charge on any atom is 0.404 e. The summed E-state index contributed by atoms with van der Waals surface area (Å²) >= 11 is 0. The minimum absolute atomic E-state index is 0.0665. The molecule has 8 atom stereocenters. The van der Waals surface area contributed by atoms with E-state index in [-0.39, 0.29) is 11.8 Å². The van der Waals surface area contributed by atoms with Gasteiger partial charge in [-0.2, -0.15) is 13.2 Å². The fourth-order valence-corrected chi connectivity index (χ4v) is 7.99. The standard InChI is InChI=1S/C25H38F5NO/c26-24(27)22-19(13-15-10-11-16-6-4-5-9-18(16)12-15)21(17-7-2-1-3-8-17)20(14-32)23(31-22)25(28,29)30/h14-24,31H,1-13H2. The second-order valence-corrected chi connectivity index (χ2v) is 11.1. The van der Waals surface area contributed by atoms with E-state index in [1.54, 1.807) is 0 Å². The molecule has 0 radical (unpaired) electrons. The molecule has 1 aliphatic heterocycles. The van der Waals surface area contributed by atoms with E-state index in [9.17, 15) is 26.7 Å². The number of halogens is 5. The quantitative estimate of drug-likeness (QED) is 0.360. The van der Waals surface area contributed by atoms with Crippen molar-refractivity contribution >= 4 is 6.29 Å². The van der Waals surface area contributed by atoms with Crippen LogP contribution in [0.1, 0.15) is 83.5 Å². The number of hydrogen-bond acceptors (Lipinski definition) is 2. The van der Waals surface area contributed by atoms with E-state index in [2.05, 4.69) is 5.32 Å². The summed E-state index contributed by atoms with van der Waals surface area (Å²) in [6, 6.07) is -3.66. The molecule has 3 aliphatic carbocycles. The Labute approximate surface area is 188 Å². The summed E-state index contributed by atoms with van der Waals surface area (Å²) in [5, 5.41) is 2.25. The first-order valence-corrected chi connectivity index (χ1v) is 12.9. The number of carbonyl (C=O) groups excluding carboxylic acids is 1. The highest BCUT2D eigenvalue weighted by molar-refractivity contribution is 5.56. The molecule has 1 heterocycles. The van der Waals surface area contributed by atoms with Gasteiger partial charge < -0.3 is 4.79 Å². The molecule has 4 fully saturated rings. The maximum atomic E-state index is 14.2. The summed E-state index contributed by atoms with van der Waals surface area (Å²) in [5.41, 5.74) is 0. The van der Waals surface area contributed by atoms with Crippen LogP contribution in [-0.4, -0.2) is 31.0 Å². The van der Waals surface area contributed by atoms with Gasteiger partial charge in [0.15, 0.2) is 0 Å². The van der Waals surface area contributed by atoms with Crippen molar-refractivity contribution in [3.05, 3.63) is 0 Å². The molecule has 3 saturated carbocycles. The zero-order valence-electron chi connectivity index (χ0n) is 18.8. The lowest BCUT2D eigenvalue weighted by Gasteiger charge is -2.51. The van der Waals surface area contributed by atoms with E-state index in [1.807, 2.05) is 0 Å². The average molecular weight is 464 g/mol. The second kappa shape index (κ2) is 10.3. The molecule has 0 spiro atoms. The number of carbonyl (C=O) groups is 1. The van der Waals surface area contributed by atoms with Crippen molar-refractivity contribution in [1.29, 1.82) is 0 Å². The Bertz CT molecular complexity index is 620. The SMILES string of the molecule is O=CC1C(C2CCCCC2)C(CC2CCC3CCCCC3C2)C(C(F)F)NC1C(F)(F)F. The van der Waals surface area contributed by atoms with Crippen molar-refractivity contribution < 1.29 is 26.7 Å². The minimum atomic E-state index is -4.71. The fraction of sp³-hybridized carbons (Fsp3) is 0.960. The van der Waals surface area contributed by atoms with Gasteiger partial charge in [-0.15, -0.1) is 0 Å². The zero-order chi connectivity index (χ0) is 22.9. The maximum absolute atomic E-state index is 14.2. The van der Waals surface area contributed by atoms with Gasteiger partial charge in [0.05, 0.1) is 6.04 Å². The van der Waals surface area contributed by atoms with Crippen LogP contribution in [-0.2, 0) is 4.79 Å². The van der Waals surface area contributed by atoms with Gasteiger partial charge in [-0.25, -0.2) is 8.78 Å². The molecule has 4 aliphatic rings. The Morgan fingerprint density at radius 1 is 0.844 bits per heavy atom. The highest BCUT2D eigenvalue weighted by Crippen LogP contribution is 2.51. The lowest BCUT2D eigenvalue weighted by Crippen LogP contribution is -2.65. The molecule has 1 N–H and O–H groups in total. The van der Waals surface area contributed by atoms with Gasteiger partial charge in [0.1, 0.15) is 12.3 Å². The van der Waals surface area contributed by atoms with Crippen molar-refractivity contribution in [2.75, 3.05) is 0 Å². The van der Waals surface area contributed by atoms with Crippen LogP contribution >= 0.6 is 0 Å². The Morgan fingerprint density at radius 2 is 1.47 bits per heavy atom. The van der Waals surface area contributed by atoms with Gasteiger partial charge in [0.25, 0.3) is 6.43 Å². The third-order valence-electron chi connectivity index (χ3n) is 9.39. The molecule has 0 aromatic heterocycles. The van der Waals surface area contributed by atoms with E-state index >= 15 is 0 Å². The Hall–Kier alpha value is -0.720. The van der Waals surface area contributed by atoms with Crippen LogP contribution < -0.4 is 5.32 Å². The zero-order valence-corrected chi connectivity index (χ0v) is 18.8. The summed E-state index contributed by atoms with van der Waals surface area (Å²) in [7, 11) is 0. The van der Waals surface area contributed by atoms with Gasteiger partial charge >= 0.3 is 6.18 Å². The molecule has 32 heavy (non-hydrogen) atoms. The van der Waals surface area contributed by atoms with Crippen LogP contribution in [0.5, 0.6) is 0 Å². The summed E-state index contributed by atoms with van der Waals surface area (Å²) in [4.78, 5) is 12.0. The van der Waals surface area contributed by atoms with E-state index < -0.39 is 42.4 Å². The summed E-state index contributed by atoms with van der Waals surface area (Å²) in [5.74, 6) is -0.861. The topological polar surface area (TPSA) is 29.1 Å². The lowest BCUT2D eigenvalue weighted by atomic mass is 9.59. The Morgan fingerprint density at radius 3 is 2.09 bits per heavy atom. The van der Waals surface area contributed by atoms with Gasteiger partial charge in [-0.05, 0) is 54.8 Å². The fourth-order valence-electron chi connectivity index (χ4n) is 7.99. The number of alkyl halides is 5. The van der Waals surface area contributed by atoms with Gasteiger partial charge in [-0.1, -0.05) is 64.2 Å². The molecule has 2 nitrogen and oxygen atoms in total. The van der Waals surface area contributed by atoms with Crippen molar-refractivity contribution in [3.8, 4) is 0 Å².